The Morgan fingerprint density at radius 3 is 2.76 bits per heavy atom. The fourth-order valence-electron chi connectivity index (χ4n) is 3.43. The Morgan fingerprint density at radius 2 is 1.96 bits per heavy atom. The summed E-state index contributed by atoms with van der Waals surface area (Å²) in [4.78, 5) is 4.24. The standard InChI is InChI=1S/C20H16FN4/c21-16-4-1-5-18(20(16)14-6-7-14)25-17(15-3-2-10-22-13-15)9-12-24-19(25)8-11-23-24/h1-5,8-14H,6-7H2/q+1. The van der Waals surface area contributed by atoms with E-state index in [-0.39, 0.29) is 5.82 Å². The lowest BCUT2D eigenvalue weighted by molar-refractivity contribution is -0.560. The zero-order chi connectivity index (χ0) is 16.8. The van der Waals surface area contributed by atoms with Gasteiger partial charge in [0.1, 0.15) is 23.4 Å². The minimum absolute atomic E-state index is 0.133. The number of benzene rings is 1. The summed E-state index contributed by atoms with van der Waals surface area (Å²) in [5.41, 5.74) is 4.53. The van der Waals surface area contributed by atoms with Crippen LogP contribution >= 0.6 is 0 Å². The SMILES string of the molecule is Fc1cccc(-[n+]2c(-c3cccnc3)ccn3nccc32)c1C1CC1. The van der Waals surface area contributed by atoms with Crippen molar-refractivity contribution in [2.24, 2.45) is 0 Å². The molecule has 1 aliphatic carbocycles. The van der Waals surface area contributed by atoms with Gasteiger partial charge in [-0.15, -0.1) is 4.52 Å². The third kappa shape index (κ3) is 2.31. The average molecular weight is 331 g/mol. The topological polar surface area (TPSA) is 34.1 Å². The highest BCUT2D eigenvalue weighted by Gasteiger charge is 2.33. The molecule has 0 bridgehead atoms. The van der Waals surface area contributed by atoms with E-state index in [0.717, 1.165) is 41.0 Å². The van der Waals surface area contributed by atoms with Gasteiger partial charge < -0.3 is 0 Å². The first-order chi connectivity index (χ1) is 12.3. The van der Waals surface area contributed by atoms with Gasteiger partial charge in [0, 0.05) is 29.6 Å². The normalized spacial score (nSPS) is 14.1. The first-order valence-electron chi connectivity index (χ1n) is 8.40. The van der Waals surface area contributed by atoms with Crippen LogP contribution in [0.2, 0.25) is 0 Å². The maximum Gasteiger partial charge on any atom is 0.314 e. The number of hydrogen-bond donors (Lipinski definition) is 0. The van der Waals surface area contributed by atoms with E-state index in [0.29, 0.717) is 5.92 Å². The molecular weight excluding hydrogens is 315 g/mol. The van der Waals surface area contributed by atoms with Gasteiger partial charge in [0.15, 0.2) is 0 Å². The Hall–Kier alpha value is -3.08. The van der Waals surface area contributed by atoms with Gasteiger partial charge in [0.2, 0.25) is 0 Å². The first kappa shape index (κ1) is 14.3. The van der Waals surface area contributed by atoms with Crippen LogP contribution in [0.4, 0.5) is 4.39 Å². The highest BCUT2D eigenvalue weighted by atomic mass is 19.1. The van der Waals surface area contributed by atoms with E-state index >= 15 is 0 Å². The maximum atomic E-state index is 14.6. The van der Waals surface area contributed by atoms with Crippen molar-refractivity contribution in [2.75, 3.05) is 0 Å². The molecule has 122 valence electrons. The molecule has 0 unspecified atom stereocenters. The second-order valence-electron chi connectivity index (χ2n) is 6.36. The van der Waals surface area contributed by atoms with Gasteiger partial charge in [0.05, 0.1) is 12.3 Å². The van der Waals surface area contributed by atoms with Crippen molar-refractivity contribution in [3.8, 4) is 16.9 Å². The maximum absolute atomic E-state index is 14.6. The quantitative estimate of drug-likeness (QED) is 0.537. The lowest BCUT2D eigenvalue weighted by Gasteiger charge is -2.12. The molecule has 0 radical (unpaired) electrons. The minimum atomic E-state index is -0.133. The molecule has 0 spiro atoms. The Kier molecular flexibility index (Phi) is 3.13. The van der Waals surface area contributed by atoms with Crippen molar-refractivity contribution < 1.29 is 8.96 Å². The van der Waals surface area contributed by atoms with Gasteiger partial charge in [-0.2, -0.15) is 4.57 Å². The van der Waals surface area contributed by atoms with E-state index in [2.05, 4.69) is 14.6 Å². The molecule has 5 rings (SSSR count). The van der Waals surface area contributed by atoms with Crippen molar-refractivity contribution in [1.82, 2.24) is 14.6 Å². The van der Waals surface area contributed by atoms with Crippen LogP contribution in [0.25, 0.3) is 22.6 Å². The van der Waals surface area contributed by atoms with Crippen molar-refractivity contribution in [3.63, 3.8) is 0 Å². The van der Waals surface area contributed by atoms with Crippen LogP contribution in [0, 0.1) is 5.82 Å². The Bertz CT molecular complexity index is 1070. The van der Waals surface area contributed by atoms with Crippen LogP contribution in [-0.4, -0.2) is 14.6 Å². The van der Waals surface area contributed by atoms with Gasteiger partial charge in [-0.05, 0) is 43.0 Å². The molecule has 0 atom stereocenters. The van der Waals surface area contributed by atoms with E-state index in [1.54, 1.807) is 29.0 Å². The van der Waals surface area contributed by atoms with Crippen molar-refractivity contribution >= 4 is 5.65 Å². The second kappa shape index (κ2) is 5.48. The zero-order valence-corrected chi connectivity index (χ0v) is 13.5. The lowest BCUT2D eigenvalue weighted by atomic mass is 10.1. The molecule has 4 aromatic rings. The summed E-state index contributed by atoms with van der Waals surface area (Å²) in [6.07, 6.45) is 9.34. The van der Waals surface area contributed by atoms with Crippen LogP contribution in [0.3, 0.4) is 0 Å². The van der Waals surface area contributed by atoms with Crippen LogP contribution in [-0.2, 0) is 0 Å². The van der Waals surface area contributed by atoms with E-state index < -0.39 is 0 Å². The summed E-state index contributed by atoms with van der Waals surface area (Å²) in [6, 6.07) is 13.2. The summed E-state index contributed by atoms with van der Waals surface area (Å²) in [5.74, 6) is 0.166. The van der Waals surface area contributed by atoms with Crippen molar-refractivity contribution in [3.05, 3.63) is 78.6 Å². The molecule has 0 N–H and O–H groups in total. The van der Waals surface area contributed by atoms with E-state index in [4.69, 9.17) is 0 Å². The molecule has 0 aliphatic heterocycles. The molecule has 3 aromatic heterocycles. The van der Waals surface area contributed by atoms with Crippen LogP contribution in [0.1, 0.15) is 24.3 Å². The third-order valence-corrected chi connectivity index (χ3v) is 4.71. The van der Waals surface area contributed by atoms with Gasteiger partial charge in [-0.25, -0.2) is 4.39 Å². The number of nitrogens with zero attached hydrogens (tertiary/aromatic N) is 4. The van der Waals surface area contributed by atoms with Gasteiger partial charge in [-0.1, -0.05) is 11.2 Å². The summed E-state index contributed by atoms with van der Waals surface area (Å²) in [5, 5.41) is 4.34. The molecule has 1 fully saturated rings. The number of fused-ring (bicyclic) bond motifs is 1. The monoisotopic (exact) mass is 331 g/mol. The Morgan fingerprint density at radius 1 is 1.04 bits per heavy atom. The van der Waals surface area contributed by atoms with Gasteiger partial charge in [0.25, 0.3) is 0 Å². The average Bonchev–Trinajstić information content (AvgIpc) is 3.37. The van der Waals surface area contributed by atoms with Crippen LogP contribution in [0.5, 0.6) is 0 Å². The van der Waals surface area contributed by atoms with Gasteiger partial charge >= 0.3 is 5.65 Å². The molecule has 5 heteroatoms. The molecule has 25 heavy (non-hydrogen) atoms. The number of aromatic nitrogens is 4. The molecular formula is C20H16FN4+. The number of rotatable bonds is 3. The van der Waals surface area contributed by atoms with Crippen LogP contribution < -0.4 is 4.57 Å². The highest BCUT2D eigenvalue weighted by molar-refractivity contribution is 5.57. The molecule has 4 nitrogen and oxygen atoms in total. The number of pyridine rings is 1. The Labute approximate surface area is 144 Å². The number of hydrogen-bond acceptors (Lipinski definition) is 2. The predicted octanol–water partition coefficient (Wildman–Crippen LogP) is 3.69. The predicted molar refractivity (Wildman–Crippen MR) is 91.9 cm³/mol. The van der Waals surface area contributed by atoms with Crippen LogP contribution in [0.15, 0.2) is 67.3 Å². The summed E-state index contributed by atoms with van der Waals surface area (Å²) in [7, 11) is 0. The molecule has 0 amide bonds. The smallest absolute Gasteiger partial charge is 0.264 e. The molecule has 1 aromatic carbocycles. The fraction of sp³-hybridized carbons (Fsp3) is 0.150. The summed E-state index contributed by atoms with van der Waals surface area (Å²) in [6.45, 7) is 0. The summed E-state index contributed by atoms with van der Waals surface area (Å²) < 4.78 is 18.5. The first-order valence-corrected chi connectivity index (χ1v) is 8.40. The van der Waals surface area contributed by atoms with E-state index in [1.807, 2.05) is 42.7 Å². The minimum Gasteiger partial charge on any atom is -0.264 e. The molecule has 0 saturated heterocycles. The second-order valence-corrected chi connectivity index (χ2v) is 6.36. The third-order valence-electron chi connectivity index (χ3n) is 4.71. The van der Waals surface area contributed by atoms with Gasteiger partial charge in [-0.3, -0.25) is 4.98 Å². The number of halogens is 1. The van der Waals surface area contributed by atoms with Crippen molar-refractivity contribution in [2.45, 2.75) is 18.8 Å². The molecule has 1 aliphatic rings. The summed E-state index contributed by atoms with van der Waals surface area (Å²) >= 11 is 0. The van der Waals surface area contributed by atoms with E-state index in [1.165, 1.54) is 0 Å². The van der Waals surface area contributed by atoms with E-state index in [9.17, 15) is 4.39 Å². The largest absolute Gasteiger partial charge is 0.314 e. The fourth-order valence-corrected chi connectivity index (χ4v) is 3.43. The Balaban J connectivity index is 1.87. The lowest BCUT2D eigenvalue weighted by Crippen LogP contribution is -2.37. The molecule has 1 saturated carbocycles. The highest BCUT2D eigenvalue weighted by Crippen LogP contribution is 2.43. The zero-order valence-electron chi connectivity index (χ0n) is 13.5. The molecule has 3 heterocycles. The van der Waals surface area contributed by atoms with Crippen molar-refractivity contribution in [1.29, 1.82) is 0 Å².